The third-order valence-corrected chi connectivity index (χ3v) is 4.04. The summed E-state index contributed by atoms with van der Waals surface area (Å²) in [6, 6.07) is -0.116. The van der Waals surface area contributed by atoms with Crippen LogP contribution in [-0.4, -0.2) is 32.7 Å². The molecule has 0 spiro atoms. The van der Waals surface area contributed by atoms with Gasteiger partial charge in [-0.05, 0) is 24.7 Å². The average molecular weight is 250 g/mol. The van der Waals surface area contributed by atoms with Crippen molar-refractivity contribution < 1.29 is 13.5 Å². The zero-order valence-electron chi connectivity index (χ0n) is 9.94. The largest absolute Gasteiger partial charge is 0.396 e. The van der Waals surface area contributed by atoms with Crippen LogP contribution in [0.15, 0.2) is 0 Å². The molecule has 1 saturated carbocycles. The van der Waals surface area contributed by atoms with Crippen LogP contribution in [-0.2, 0) is 10.2 Å². The van der Waals surface area contributed by atoms with Gasteiger partial charge in [-0.2, -0.15) is 13.1 Å². The molecule has 0 bridgehead atoms. The first-order valence-corrected chi connectivity index (χ1v) is 7.30. The maximum Gasteiger partial charge on any atom is 0.277 e. The summed E-state index contributed by atoms with van der Waals surface area (Å²) < 4.78 is 28.4. The molecule has 0 aromatic heterocycles. The highest BCUT2D eigenvalue weighted by molar-refractivity contribution is 7.87. The van der Waals surface area contributed by atoms with E-state index in [-0.39, 0.29) is 24.5 Å². The fourth-order valence-electron chi connectivity index (χ4n) is 1.93. The van der Waals surface area contributed by atoms with E-state index in [1.807, 2.05) is 13.8 Å². The highest BCUT2D eigenvalue weighted by Crippen LogP contribution is 2.25. The highest BCUT2D eigenvalue weighted by Gasteiger charge is 2.29. The Kier molecular flexibility index (Phi) is 5.17. The predicted octanol–water partition coefficient (Wildman–Crippen LogP) is 0.227. The monoisotopic (exact) mass is 250 g/mol. The standard InChI is InChI=1S/C10H22N2O3S/c1-8(2)6-11-16(14,15)12-10-5-3-4-9(10)7-13/h8-13H,3-7H2,1-2H3. The molecule has 0 heterocycles. The van der Waals surface area contributed by atoms with Crippen LogP contribution >= 0.6 is 0 Å². The molecule has 1 fully saturated rings. The van der Waals surface area contributed by atoms with Crippen molar-refractivity contribution in [3.05, 3.63) is 0 Å². The van der Waals surface area contributed by atoms with Crippen LogP contribution in [0.4, 0.5) is 0 Å². The molecular weight excluding hydrogens is 228 g/mol. The molecule has 0 aromatic carbocycles. The van der Waals surface area contributed by atoms with Gasteiger partial charge in [0.15, 0.2) is 0 Å². The van der Waals surface area contributed by atoms with Crippen LogP contribution in [0.25, 0.3) is 0 Å². The van der Waals surface area contributed by atoms with Gasteiger partial charge >= 0.3 is 0 Å². The molecule has 1 aliphatic carbocycles. The second-order valence-electron chi connectivity index (χ2n) is 4.84. The Morgan fingerprint density at radius 2 is 2.06 bits per heavy atom. The average Bonchev–Trinajstić information content (AvgIpc) is 2.61. The number of hydrogen-bond acceptors (Lipinski definition) is 3. The van der Waals surface area contributed by atoms with Crippen molar-refractivity contribution in [2.24, 2.45) is 11.8 Å². The summed E-state index contributed by atoms with van der Waals surface area (Å²) in [4.78, 5) is 0. The Morgan fingerprint density at radius 3 is 2.62 bits per heavy atom. The molecule has 1 aliphatic rings. The quantitative estimate of drug-likeness (QED) is 0.631. The van der Waals surface area contributed by atoms with Gasteiger partial charge in [-0.3, -0.25) is 0 Å². The first kappa shape index (κ1) is 13.9. The van der Waals surface area contributed by atoms with E-state index >= 15 is 0 Å². The van der Waals surface area contributed by atoms with E-state index in [1.165, 1.54) is 0 Å². The summed E-state index contributed by atoms with van der Waals surface area (Å²) in [6.45, 7) is 4.40. The molecule has 0 radical (unpaired) electrons. The Balaban J connectivity index is 2.45. The summed E-state index contributed by atoms with van der Waals surface area (Å²) >= 11 is 0. The molecule has 0 saturated heterocycles. The van der Waals surface area contributed by atoms with Gasteiger partial charge in [0.2, 0.25) is 0 Å². The van der Waals surface area contributed by atoms with Gasteiger partial charge in [0.1, 0.15) is 0 Å². The van der Waals surface area contributed by atoms with Crippen LogP contribution in [0, 0.1) is 11.8 Å². The lowest BCUT2D eigenvalue weighted by atomic mass is 10.1. The molecule has 2 unspecified atom stereocenters. The molecule has 0 aromatic rings. The van der Waals surface area contributed by atoms with Gasteiger partial charge < -0.3 is 5.11 Å². The molecule has 96 valence electrons. The van der Waals surface area contributed by atoms with Crippen molar-refractivity contribution in [1.29, 1.82) is 0 Å². The minimum Gasteiger partial charge on any atom is -0.396 e. The second kappa shape index (κ2) is 5.95. The van der Waals surface area contributed by atoms with Gasteiger partial charge in [-0.25, -0.2) is 4.72 Å². The van der Waals surface area contributed by atoms with Crippen LogP contribution in [0.2, 0.25) is 0 Å². The van der Waals surface area contributed by atoms with E-state index in [0.29, 0.717) is 6.54 Å². The van der Waals surface area contributed by atoms with E-state index in [1.54, 1.807) is 0 Å². The van der Waals surface area contributed by atoms with Gasteiger partial charge in [0.05, 0.1) is 0 Å². The first-order valence-electron chi connectivity index (χ1n) is 5.82. The van der Waals surface area contributed by atoms with Crippen LogP contribution in [0.5, 0.6) is 0 Å². The molecule has 5 nitrogen and oxygen atoms in total. The second-order valence-corrected chi connectivity index (χ2v) is 6.37. The number of rotatable bonds is 6. The fraction of sp³-hybridized carbons (Fsp3) is 1.00. The topological polar surface area (TPSA) is 78.4 Å². The van der Waals surface area contributed by atoms with Gasteiger partial charge in [-0.15, -0.1) is 0 Å². The van der Waals surface area contributed by atoms with Gasteiger partial charge in [0.25, 0.3) is 10.2 Å². The molecule has 6 heteroatoms. The Morgan fingerprint density at radius 1 is 1.38 bits per heavy atom. The summed E-state index contributed by atoms with van der Waals surface area (Å²) in [5.41, 5.74) is 0. The van der Waals surface area contributed by atoms with Crippen molar-refractivity contribution in [3.63, 3.8) is 0 Å². The predicted molar refractivity (Wildman–Crippen MR) is 63.1 cm³/mol. The molecule has 16 heavy (non-hydrogen) atoms. The third kappa shape index (κ3) is 4.37. The van der Waals surface area contributed by atoms with Gasteiger partial charge in [-0.1, -0.05) is 20.3 Å². The summed E-state index contributed by atoms with van der Waals surface area (Å²) in [5.74, 6) is 0.351. The molecule has 3 N–H and O–H groups in total. The zero-order valence-corrected chi connectivity index (χ0v) is 10.8. The smallest absolute Gasteiger partial charge is 0.277 e. The zero-order chi connectivity index (χ0) is 12.2. The van der Waals surface area contributed by atoms with Gasteiger partial charge in [0, 0.05) is 19.2 Å². The van der Waals surface area contributed by atoms with Crippen molar-refractivity contribution in [2.45, 2.75) is 39.2 Å². The molecule has 1 rings (SSSR count). The normalized spacial score (nSPS) is 26.5. The molecule has 2 atom stereocenters. The van der Waals surface area contributed by atoms with Crippen molar-refractivity contribution in [3.8, 4) is 0 Å². The Hall–Kier alpha value is -0.170. The maximum absolute atomic E-state index is 11.6. The van der Waals surface area contributed by atoms with E-state index in [4.69, 9.17) is 5.11 Å². The van der Waals surface area contributed by atoms with E-state index < -0.39 is 10.2 Å². The molecule has 0 amide bonds. The van der Waals surface area contributed by atoms with E-state index in [0.717, 1.165) is 19.3 Å². The summed E-state index contributed by atoms with van der Waals surface area (Å²) in [5, 5.41) is 9.10. The Labute approximate surface area is 97.8 Å². The van der Waals surface area contributed by atoms with Crippen LogP contribution < -0.4 is 9.44 Å². The number of aliphatic hydroxyl groups excluding tert-OH is 1. The van der Waals surface area contributed by atoms with Crippen LogP contribution in [0.3, 0.4) is 0 Å². The summed E-state index contributed by atoms with van der Waals surface area (Å²) in [6.07, 6.45) is 2.68. The van der Waals surface area contributed by atoms with Crippen molar-refractivity contribution >= 4 is 10.2 Å². The minimum atomic E-state index is -3.41. The molecular formula is C10H22N2O3S. The van der Waals surface area contributed by atoms with E-state index in [9.17, 15) is 8.42 Å². The lowest BCUT2D eigenvalue weighted by Gasteiger charge is -2.19. The maximum atomic E-state index is 11.6. The fourth-order valence-corrected chi connectivity index (χ4v) is 3.27. The van der Waals surface area contributed by atoms with E-state index in [2.05, 4.69) is 9.44 Å². The number of hydrogen-bond donors (Lipinski definition) is 3. The molecule has 0 aliphatic heterocycles. The van der Waals surface area contributed by atoms with Crippen molar-refractivity contribution in [1.82, 2.24) is 9.44 Å². The lowest BCUT2D eigenvalue weighted by molar-refractivity contribution is 0.213. The third-order valence-electron chi connectivity index (χ3n) is 2.88. The van der Waals surface area contributed by atoms with Crippen LogP contribution in [0.1, 0.15) is 33.1 Å². The minimum absolute atomic E-state index is 0.0529. The SMILES string of the molecule is CC(C)CNS(=O)(=O)NC1CCCC1CO. The Bertz CT molecular complexity index is 303. The lowest BCUT2D eigenvalue weighted by Crippen LogP contribution is -2.45. The number of nitrogens with one attached hydrogen (secondary N) is 2. The first-order chi connectivity index (χ1) is 7.44. The van der Waals surface area contributed by atoms with Crippen molar-refractivity contribution in [2.75, 3.05) is 13.2 Å². The summed E-state index contributed by atoms with van der Waals surface area (Å²) in [7, 11) is -3.41. The number of aliphatic hydroxyl groups is 1. The highest BCUT2D eigenvalue weighted by atomic mass is 32.2.